The number of carboxylic acid groups (broad SMARTS) is 1. The number of nitrogens with one attached hydrogen (secondary N) is 1. The Balaban J connectivity index is 2.48. The Hall–Kier alpha value is -1.04. The van der Waals surface area contributed by atoms with E-state index < -0.39 is 12.0 Å². The Morgan fingerprint density at radius 3 is 2.94 bits per heavy atom. The van der Waals surface area contributed by atoms with E-state index in [1.54, 1.807) is 12.1 Å². The smallest absolute Gasteiger partial charge is 0.320 e. The van der Waals surface area contributed by atoms with Crippen LogP contribution in [0.3, 0.4) is 0 Å². The van der Waals surface area contributed by atoms with E-state index in [1.165, 1.54) is 0 Å². The summed E-state index contributed by atoms with van der Waals surface area (Å²) in [5.74, 6) is -1.02. The Labute approximate surface area is 111 Å². The normalized spacial score (nSPS) is 12.9. The summed E-state index contributed by atoms with van der Waals surface area (Å²) in [6.07, 6.45) is 0.246. The van der Waals surface area contributed by atoms with E-state index >= 15 is 0 Å². The van der Waals surface area contributed by atoms with Crippen molar-refractivity contribution in [2.24, 2.45) is 5.73 Å². The molecule has 0 fully saturated rings. The van der Waals surface area contributed by atoms with E-state index in [0.717, 1.165) is 21.1 Å². The van der Waals surface area contributed by atoms with Gasteiger partial charge in [0.15, 0.2) is 0 Å². The third-order valence-electron chi connectivity index (χ3n) is 2.56. The van der Waals surface area contributed by atoms with Crippen molar-refractivity contribution in [1.29, 1.82) is 0 Å². The zero-order valence-electron chi connectivity index (χ0n) is 8.71. The summed E-state index contributed by atoms with van der Waals surface area (Å²) in [4.78, 5) is 13.9. The predicted octanol–water partition coefficient (Wildman–Crippen LogP) is 2.54. The van der Waals surface area contributed by atoms with Crippen molar-refractivity contribution in [2.45, 2.75) is 12.5 Å². The molecule has 1 atom stereocenters. The first-order valence-corrected chi connectivity index (χ1v) is 6.10. The lowest BCUT2D eigenvalue weighted by atomic mass is 10.1. The highest BCUT2D eigenvalue weighted by molar-refractivity contribution is 9.10. The maximum Gasteiger partial charge on any atom is 0.320 e. The molecule has 0 aliphatic rings. The number of aliphatic carboxylic acids is 1. The zero-order chi connectivity index (χ0) is 12.6. The number of nitrogens with two attached hydrogens (primary N) is 1. The standard InChI is InChI=1S/C11H10BrClN2O2/c12-10-7(4-8(14)11(16)17)6-3-5(13)1-2-9(6)15-10/h1-3,8,15H,4,14H2,(H,16,17). The zero-order valence-corrected chi connectivity index (χ0v) is 11.0. The Morgan fingerprint density at radius 1 is 1.59 bits per heavy atom. The molecular weight excluding hydrogens is 307 g/mol. The number of halogens is 2. The number of fused-ring (bicyclic) bond motifs is 1. The average molecular weight is 318 g/mol. The largest absolute Gasteiger partial charge is 0.480 e. The highest BCUT2D eigenvalue weighted by atomic mass is 79.9. The second kappa shape index (κ2) is 4.68. The molecule has 0 saturated carbocycles. The van der Waals surface area contributed by atoms with Gasteiger partial charge in [0, 0.05) is 22.3 Å². The number of hydrogen-bond acceptors (Lipinski definition) is 2. The van der Waals surface area contributed by atoms with Crippen molar-refractivity contribution in [2.75, 3.05) is 0 Å². The van der Waals surface area contributed by atoms with Crippen LogP contribution in [0.4, 0.5) is 0 Å². The quantitative estimate of drug-likeness (QED) is 0.814. The molecule has 2 rings (SSSR count). The molecule has 4 nitrogen and oxygen atoms in total. The monoisotopic (exact) mass is 316 g/mol. The number of rotatable bonds is 3. The van der Waals surface area contributed by atoms with Crippen LogP contribution in [0.1, 0.15) is 5.56 Å². The van der Waals surface area contributed by atoms with E-state index in [1.807, 2.05) is 6.07 Å². The van der Waals surface area contributed by atoms with Gasteiger partial charge in [0.1, 0.15) is 6.04 Å². The Morgan fingerprint density at radius 2 is 2.29 bits per heavy atom. The minimum atomic E-state index is -1.02. The van der Waals surface area contributed by atoms with Gasteiger partial charge in [-0.1, -0.05) is 11.6 Å². The van der Waals surface area contributed by atoms with Crippen LogP contribution in [0.2, 0.25) is 5.02 Å². The number of H-pyrrole nitrogens is 1. The van der Waals surface area contributed by atoms with Gasteiger partial charge in [-0.05, 0) is 39.7 Å². The topological polar surface area (TPSA) is 79.1 Å². The van der Waals surface area contributed by atoms with Crippen LogP contribution >= 0.6 is 27.5 Å². The second-order valence-corrected chi connectivity index (χ2v) is 4.99. The molecule has 17 heavy (non-hydrogen) atoms. The minimum absolute atomic E-state index is 0.246. The van der Waals surface area contributed by atoms with Gasteiger partial charge >= 0.3 is 5.97 Å². The lowest BCUT2D eigenvalue weighted by Gasteiger charge is -2.05. The van der Waals surface area contributed by atoms with Gasteiger partial charge in [0.2, 0.25) is 0 Å². The minimum Gasteiger partial charge on any atom is -0.480 e. The van der Waals surface area contributed by atoms with Crippen molar-refractivity contribution in [3.63, 3.8) is 0 Å². The highest BCUT2D eigenvalue weighted by Gasteiger charge is 2.17. The first-order chi connectivity index (χ1) is 7.99. The van der Waals surface area contributed by atoms with Gasteiger partial charge in [0.25, 0.3) is 0 Å². The van der Waals surface area contributed by atoms with Crippen LogP contribution in [0.15, 0.2) is 22.8 Å². The van der Waals surface area contributed by atoms with Crippen molar-refractivity contribution < 1.29 is 9.90 Å². The molecule has 1 aromatic carbocycles. The average Bonchev–Trinajstić information content (AvgIpc) is 2.55. The molecule has 1 heterocycles. The molecule has 6 heteroatoms. The van der Waals surface area contributed by atoms with Gasteiger partial charge in [-0.25, -0.2) is 0 Å². The lowest BCUT2D eigenvalue weighted by molar-refractivity contribution is -0.138. The van der Waals surface area contributed by atoms with Crippen molar-refractivity contribution in [3.8, 4) is 0 Å². The van der Waals surface area contributed by atoms with Crippen molar-refractivity contribution in [1.82, 2.24) is 4.98 Å². The van der Waals surface area contributed by atoms with Gasteiger partial charge in [-0.2, -0.15) is 0 Å². The lowest BCUT2D eigenvalue weighted by Crippen LogP contribution is -2.32. The van der Waals surface area contributed by atoms with Crippen LogP contribution in [-0.4, -0.2) is 22.1 Å². The molecule has 0 bridgehead atoms. The molecule has 0 radical (unpaired) electrons. The van der Waals surface area contributed by atoms with Crippen LogP contribution in [0.25, 0.3) is 10.9 Å². The van der Waals surface area contributed by atoms with Crippen molar-refractivity contribution in [3.05, 3.63) is 33.4 Å². The maximum atomic E-state index is 10.8. The molecule has 0 aliphatic carbocycles. The third-order valence-corrected chi connectivity index (χ3v) is 3.47. The summed E-state index contributed by atoms with van der Waals surface area (Å²) in [5, 5.41) is 10.3. The van der Waals surface area contributed by atoms with Crippen molar-refractivity contribution >= 4 is 44.4 Å². The summed E-state index contributed by atoms with van der Waals surface area (Å²) < 4.78 is 0.742. The van der Waals surface area contributed by atoms with Gasteiger partial charge in [-0.3, -0.25) is 4.79 Å². The fraction of sp³-hybridized carbons (Fsp3) is 0.182. The summed E-state index contributed by atoms with van der Waals surface area (Å²) in [5.41, 5.74) is 7.27. The van der Waals surface area contributed by atoms with Crippen LogP contribution in [-0.2, 0) is 11.2 Å². The molecule has 1 aromatic heterocycles. The first-order valence-electron chi connectivity index (χ1n) is 4.93. The molecule has 0 spiro atoms. The van der Waals surface area contributed by atoms with Gasteiger partial charge in [-0.15, -0.1) is 0 Å². The number of benzene rings is 1. The van der Waals surface area contributed by atoms with E-state index in [0.29, 0.717) is 5.02 Å². The summed E-state index contributed by atoms with van der Waals surface area (Å²) in [7, 11) is 0. The Bertz CT molecular complexity index is 582. The fourth-order valence-corrected chi connectivity index (χ4v) is 2.45. The SMILES string of the molecule is NC(Cc1c(Br)[nH]c2ccc(Cl)cc12)C(=O)O. The number of aromatic nitrogens is 1. The van der Waals surface area contributed by atoms with Crippen LogP contribution in [0, 0.1) is 0 Å². The molecule has 0 amide bonds. The molecule has 4 N–H and O–H groups in total. The maximum absolute atomic E-state index is 10.8. The number of carbonyl (C=O) groups is 1. The van der Waals surface area contributed by atoms with Crippen LogP contribution in [0.5, 0.6) is 0 Å². The summed E-state index contributed by atoms with van der Waals surface area (Å²) in [6.45, 7) is 0. The number of carboxylic acids is 1. The second-order valence-electron chi connectivity index (χ2n) is 3.76. The van der Waals surface area contributed by atoms with E-state index in [-0.39, 0.29) is 6.42 Å². The number of aromatic amines is 1. The van der Waals surface area contributed by atoms with E-state index in [2.05, 4.69) is 20.9 Å². The molecule has 0 saturated heterocycles. The van der Waals surface area contributed by atoms with Crippen LogP contribution < -0.4 is 5.73 Å². The molecule has 90 valence electrons. The van der Waals surface area contributed by atoms with E-state index in [4.69, 9.17) is 22.4 Å². The fourth-order valence-electron chi connectivity index (χ4n) is 1.69. The third kappa shape index (κ3) is 2.46. The van der Waals surface area contributed by atoms with Gasteiger partial charge < -0.3 is 15.8 Å². The molecular formula is C11H10BrClN2O2. The molecule has 0 aliphatic heterocycles. The van der Waals surface area contributed by atoms with Gasteiger partial charge in [0.05, 0.1) is 4.60 Å². The highest BCUT2D eigenvalue weighted by Crippen LogP contribution is 2.29. The first kappa shape index (κ1) is 12.4. The molecule has 1 unspecified atom stereocenters. The number of hydrogen-bond donors (Lipinski definition) is 3. The summed E-state index contributed by atoms with van der Waals surface area (Å²) in [6, 6.07) is 4.48. The predicted molar refractivity (Wildman–Crippen MR) is 70.3 cm³/mol. The van der Waals surface area contributed by atoms with E-state index in [9.17, 15) is 4.79 Å². The summed E-state index contributed by atoms with van der Waals surface area (Å²) >= 11 is 9.29. The molecule has 2 aromatic rings. The Kier molecular flexibility index (Phi) is 3.42.